The van der Waals surface area contributed by atoms with Crippen molar-refractivity contribution in [2.24, 2.45) is 4.99 Å². The van der Waals surface area contributed by atoms with Crippen LogP contribution in [-0.2, 0) is 6.54 Å². The molecule has 1 N–H and O–H groups in total. The van der Waals surface area contributed by atoms with E-state index >= 15 is 0 Å². The summed E-state index contributed by atoms with van der Waals surface area (Å²) in [6.45, 7) is 1.68. The van der Waals surface area contributed by atoms with Gasteiger partial charge in [-0.15, -0.1) is 0 Å². The summed E-state index contributed by atoms with van der Waals surface area (Å²) in [7, 11) is 1.64. The van der Waals surface area contributed by atoms with Gasteiger partial charge in [0.2, 0.25) is 5.88 Å². The Labute approximate surface area is 95.8 Å². The van der Waals surface area contributed by atoms with Crippen molar-refractivity contribution in [3.63, 3.8) is 0 Å². The molecule has 2 heterocycles. The van der Waals surface area contributed by atoms with Gasteiger partial charge in [0.15, 0.2) is 0 Å². The molecule has 0 radical (unpaired) electrons. The van der Waals surface area contributed by atoms with Crippen LogP contribution in [0.2, 0.25) is 0 Å². The Morgan fingerprint density at radius 2 is 2.38 bits per heavy atom. The number of hydrogen-bond donors (Lipinski definition) is 1. The monoisotopic (exact) mass is 219 g/mol. The number of ether oxygens (including phenoxy) is 1. The van der Waals surface area contributed by atoms with Gasteiger partial charge in [0, 0.05) is 31.3 Å². The van der Waals surface area contributed by atoms with Crippen molar-refractivity contribution in [2.45, 2.75) is 25.8 Å². The number of nitrogens with one attached hydrogen (secondary N) is 1. The lowest BCUT2D eigenvalue weighted by atomic mass is 10.2. The predicted molar refractivity (Wildman–Crippen MR) is 63.8 cm³/mol. The zero-order chi connectivity index (χ0) is 11.2. The maximum absolute atomic E-state index is 5.19. The smallest absolute Gasteiger partial charge is 0.218 e. The fraction of sp³-hybridized carbons (Fsp3) is 0.500. The molecular weight excluding hydrogens is 202 g/mol. The Morgan fingerprint density at radius 1 is 1.44 bits per heavy atom. The minimum absolute atomic E-state index is 0.686. The van der Waals surface area contributed by atoms with Crippen molar-refractivity contribution in [2.75, 3.05) is 13.7 Å². The number of rotatable bonds is 3. The van der Waals surface area contributed by atoms with Crippen LogP contribution in [0.4, 0.5) is 0 Å². The van der Waals surface area contributed by atoms with Crippen molar-refractivity contribution in [3.05, 3.63) is 23.9 Å². The first-order chi connectivity index (χ1) is 7.90. The summed E-state index contributed by atoms with van der Waals surface area (Å²) in [4.78, 5) is 8.60. The Kier molecular flexibility index (Phi) is 3.75. The molecule has 4 heteroatoms. The molecule has 86 valence electrons. The molecule has 1 aromatic heterocycles. The predicted octanol–water partition coefficient (Wildman–Crippen LogP) is 1.76. The first-order valence-electron chi connectivity index (χ1n) is 5.65. The molecule has 0 bridgehead atoms. The van der Waals surface area contributed by atoms with E-state index in [4.69, 9.17) is 4.74 Å². The van der Waals surface area contributed by atoms with Gasteiger partial charge in [-0.3, -0.25) is 4.99 Å². The second kappa shape index (κ2) is 5.49. The van der Waals surface area contributed by atoms with Crippen molar-refractivity contribution >= 4 is 5.84 Å². The quantitative estimate of drug-likeness (QED) is 0.842. The van der Waals surface area contributed by atoms with Crippen molar-refractivity contribution in [1.82, 2.24) is 10.3 Å². The van der Waals surface area contributed by atoms with E-state index in [1.165, 1.54) is 12.8 Å². The van der Waals surface area contributed by atoms with Crippen LogP contribution in [0.15, 0.2) is 23.3 Å². The zero-order valence-corrected chi connectivity index (χ0v) is 9.57. The van der Waals surface area contributed by atoms with E-state index in [2.05, 4.69) is 15.3 Å². The number of nitrogens with zero attached hydrogens (tertiary/aromatic N) is 2. The molecule has 0 saturated carbocycles. The largest absolute Gasteiger partial charge is 0.481 e. The van der Waals surface area contributed by atoms with Crippen LogP contribution < -0.4 is 10.1 Å². The number of amidine groups is 1. The van der Waals surface area contributed by atoms with Crippen LogP contribution in [-0.4, -0.2) is 24.5 Å². The minimum atomic E-state index is 0.686. The van der Waals surface area contributed by atoms with Crippen LogP contribution in [0.25, 0.3) is 0 Å². The molecule has 0 unspecified atom stereocenters. The van der Waals surface area contributed by atoms with Crippen molar-refractivity contribution < 1.29 is 4.74 Å². The third-order valence-electron chi connectivity index (χ3n) is 2.65. The van der Waals surface area contributed by atoms with E-state index < -0.39 is 0 Å². The van der Waals surface area contributed by atoms with Gasteiger partial charge in [0.05, 0.1) is 12.9 Å². The summed E-state index contributed by atoms with van der Waals surface area (Å²) >= 11 is 0. The van der Waals surface area contributed by atoms with Crippen LogP contribution >= 0.6 is 0 Å². The van der Waals surface area contributed by atoms with Crippen LogP contribution in [0.3, 0.4) is 0 Å². The molecular formula is C12H17N3O. The molecule has 0 saturated heterocycles. The van der Waals surface area contributed by atoms with Crippen LogP contribution in [0.1, 0.15) is 24.8 Å². The summed E-state index contributed by atoms with van der Waals surface area (Å²) in [5.74, 6) is 1.79. The first-order valence-corrected chi connectivity index (χ1v) is 5.65. The van der Waals surface area contributed by atoms with Gasteiger partial charge >= 0.3 is 0 Å². The summed E-state index contributed by atoms with van der Waals surface area (Å²) in [6, 6.07) is 3.93. The van der Waals surface area contributed by atoms with Crippen LogP contribution in [0.5, 0.6) is 5.88 Å². The van der Waals surface area contributed by atoms with Gasteiger partial charge in [-0.05, 0) is 18.9 Å². The van der Waals surface area contributed by atoms with Crippen molar-refractivity contribution in [1.29, 1.82) is 0 Å². The second-order valence-corrected chi connectivity index (χ2v) is 3.81. The van der Waals surface area contributed by atoms with Gasteiger partial charge in [0.1, 0.15) is 0 Å². The third kappa shape index (κ3) is 2.72. The van der Waals surface area contributed by atoms with E-state index in [9.17, 15) is 0 Å². The van der Waals surface area contributed by atoms with Crippen LogP contribution in [0, 0.1) is 0 Å². The number of pyridine rings is 1. The maximum Gasteiger partial charge on any atom is 0.218 e. The fourth-order valence-corrected chi connectivity index (χ4v) is 1.78. The molecule has 0 spiro atoms. The summed E-state index contributed by atoms with van der Waals surface area (Å²) in [5, 5.41) is 3.34. The second-order valence-electron chi connectivity index (χ2n) is 3.81. The third-order valence-corrected chi connectivity index (χ3v) is 2.65. The Hall–Kier alpha value is -1.58. The summed E-state index contributed by atoms with van der Waals surface area (Å²) in [6.07, 6.45) is 5.24. The van der Waals surface area contributed by atoms with E-state index in [0.29, 0.717) is 5.88 Å². The van der Waals surface area contributed by atoms with E-state index in [1.54, 1.807) is 13.3 Å². The average Bonchev–Trinajstić information content (AvgIpc) is 2.38. The highest BCUT2D eigenvalue weighted by Gasteiger charge is 2.07. The number of hydrogen-bond acceptors (Lipinski definition) is 4. The first kappa shape index (κ1) is 10.9. The molecule has 2 rings (SSSR count). The molecule has 4 nitrogen and oxygen atoms in total. The van der Waals surface area contributed by atoms with E-state index in [1.807, 2.05) is 12.1 Å². The molecule has 1 aliphatic heterocycles. The Bertz CT molecular complexity index is 376. The highest BCUT2D eigenvalue weighted by Crippen LogP contribution is 2.13. The molecule has 0 amide bonds. The topological polar surface area (TPSA) is 46.5 Å². The van der Waals surface area contributed by atoms with Gasteiger partial charge in [0.25, 0.3) is 0 Å². The normalized spacial score (nSPS) is 15.4. The summed E-state index contributed by atoms with van der Waals surface area (Å²) in [5.41, 5.74) is 1.07. The Morgan fingerprint density at radius 3 is 3.12 bits per heavy atom. The molecule has 0 atom stereocenters. The number of aromatic nitrogens is 1. The average molecular weight is 219 g/mol. The standard InChI is InChI=1S/C12H17N3O/c1-16-12-10(5-4-8-14-12)9-15-11-6-2-3-7-13-11/h4-5,8H,2-3,6-7,9H2,1H3,(H,13,15). The number of methoxy groups -OCH3 is 1. The molecule has 1 aliphatic rings. The van der Waals surface area contributed by atoms with Gasteiger partial charge in [-0.2, -0.15) is 0 Å². The van der Waals surface area contributed by atoms with Gasteiger partial charge < -0.3 is 10.1 Å². The molecule has 0 aliphatic carbocycles. The van der Waals surface area contributed by atoms with Gasteiger partial charge in [-0.1, -0.05) is 6.07 Å². The maximum atomic E-state index is 5.19. The fourth-order valence-electron chi connectivity index (χ4n) is 1.78. The number of aliphatic imine (C=N–C) groups is 1. The van der Waals surface area contributed by atoms with E-state index in [-0.39, 0.29) is 0 Å². The highest BCUT2D eigenvalue weighted by molar-refractivity contribution is 5.82. The van der Waals surface area contributed by atoms with Gasteiger partial charge in [-0.25, -0.2) is 4.98 Å². The molecule has 16 heavy (non-hydrogen) atoms. The lowest BCUT2D eigenvalue weighted by molar-refractivity contribution is 0.392. The lowest BCUT2D eigenvalue weighted by Crippen LogP contribution is -2.25. The van der Waals surface area contributed by atoms with E-state index in [0.717, 1.165) is 30.9 Å². The lowest BCUT2D eigenvalue weighted by Gasteiger charge is -2.14. The minimum Gasteiger partial charge on any atom is -0.481 e. The Balaban J connectivity index is 1.96. The highest BCUT2D eigenvalue weighted by atomic mass is 16.5. The SMILES string of the molecule is COc1ncccc1CNC1=NCCCC1. The van der Waals surface area contributed by atoms with Crippen molar-refractivity contribution in [3.8, 4) is 5.88 Å². The molecule has 0 fully saturated rings. The molecule has 0 aromatic carbocycles. The zero-order valence-electron chi connectivity index (χ0n) is 9.57. The molecule has 1 aromatic rings. The summed E-state index contributed by atoms with van der Waals surface area (Å²) < 4.78 is 5.19.